The second-order valence-corrected chi connectivity index (χ2v) is 17.7. The van der Waals surface area contributed by atoms with Crippen LogP contribution in [0.2, 0.25) is 0 Å². The number of likely N-dealkylation sites (tertiary alicyclic amines) is 1. The number of pyridine rings is 1. The van der Waals surface area contributed by atoms with E-state index in [0.717, 1.165) is 32.1 Å². The van der Waals surface area contributed by atoms with Gasteiger partial charge in [0.25, 0.3) is 0 Å². The van der Waals surface area contributed by atoms with Crippen LogP contribution in [0.5, 0.6) is 11.5 Å². The number of ether oxygens (including phenoxy) is 2. The van der Waals surface area contributed by atoms with E-state index in [2.05, 4.69) is 26.4 Å². The average Bonchev–Trinajstić information content (AvgIpc) is 3.54. The predicted molar refractivity (Wildman–Crippen MR) is 209 cm³/mol. The third kappa shape index (κ3) is 9.77. The van der Waals surface area contributed by atoms with Gasteiger partial charge in [-0.25, -0.2) is 14.5 Å². The molecule has 5 amide bonds. The zero-order valence-corrected chi connectivity index (χ0v) is 33.5. The van der Waals surface area contributed by atoms with Crippen LogP contribution in [0.4, 0.5) is 4.79 Å². The molecular weight excluding hydrogens is 716 g/mol. The van der Waals surface area contributed by atoms with Crippen molar-refractivity contribution in [2.75, 3.05) is 13.7 Å². The van der Waals surface area contributed by atoms with Gasteiger partial charge in [-0.05, 0) is 69.6 Å². The summed E-state index contributed by atoms with van der Waals surface area (Å²) in [5.41, 5.74) is -2.20. The molecule has 3 aliphatic rings. The molecule has 6 rings (SSSR count). The van der Waals surface area contributed by atoms with Crippen LogP contribution >= 0.6 is 0 Å². The Morgan fingerprint density at radius 1 is 1.02 bits per heavy atom. The van der Waals surface area contributed by atoms with Crippen molar-refractivity contribution in [3.63, 3.8) is 0 Å². The van der Waals surface area contributed by atoms with E-state index in [-0.39, 0.29) is 37.3 Å². The molecule has 56 heavy (non-hydrogen) atoms. The number of urea groups is 1. The van der Waals surface area contributed by atoms with Gasteiger partial charge in [0.1, 0.15) is 41.5 Å². The number of aldehydes is 1. The maximum Gasteiger partial charge on any atom is 0.315 e. The smallest absolute Gasteiger partial charge is 0.315 e. The highest BCUT2D eigenvalue weighted by molar-refractivity contribution is 5.95. The third-order valence-corrected chi connectivity index (χ3v) is 10.6. The normalized spacial score (nSPS) is 20.3. The lowest BCUT2D eigenvalue weighted by Gasteiger charge is -2.38. The largest absolute Gasteiger partial charge is 0.497 e. The van der Waals surface area contributed by atoms with Crippen molar-refractivity contribution >= 4 is 40.9 Å². The van der Waals surface area contributed by atoms with Gasteiger partial charge in [0.05, 0.1) is 25.6 Å². The summed E-state index contributed by atoms with van der Waals surface area (Å²) in [4.78, 5) is 75.0. The van der Waals surface area contributed by atoms with Gasteiger partial charge in [-0.1, -0.05) is 40.0 Å². The van der Waals surface area contributed by atoms with E-state index in [0.29, 0.717) is 40.9 Å². The lowest BCUT2D eigenvalue weighted by Crippen LogP contribution is -2.62. The van der Waals surface area contributed by atoms with Gasteiger partial charge in [-0.3, -0.25) is 14.4 Å². The molecule has 0 bridgehead atoms. The number of fused-ring (bicyclic) bond motifs is 1. The highest BCUT2D eigenvalue weighted by atomic mass is 16.5. The SMILES string of the molecule is COc1ccc2c(O[C@@H]3CC(C(=O)N[C@@](C=O)(CC(=O)NC4CC4)CC4CCC4)N(C(=O)[C@@H](NC(=O)NC(C)(C)C)C(C)(C)C)C3)cc(-n3cccn3)nc2c1. The number of aromatic nitrogens is 3. The Labute approximate surface area is 328 Å². The zero-order chi connectivity index (χ0) is 40.4. The molecule has 4 atom stereocenters. The van der Waals surface area contributed by atoms with Gasteiger partial charge in [-0.15, -0.1) is 0 Å². The molecule has 3 fully saturated rings. The van der Waals surface area contributed by atoms with Crippen molar-refractivity contribution in [2.45, 2.75) is 128 Å². The first-order chi connectivity index (χ1) is 26.5. The van der Waals surface area contributed by atoms with E-state index in [1.807, 2.05) is 47.6 Å². The first kappa shape index (κ1) is 40.5. The van der Waals surface area contributed by atoms with Crippen molar-refractivity contribution in [3.05, 3.63) is 42.7 Å². The monoisotopic (exact) mass is 772 g/mol. The minimum atomic E-state index is -1.46. The number of nitrogens with one attached hydrogen (secondary N) is 4. The molecule has 2 aromatic heterocycles. The fourth-order valence-electron chi connectivity index (χ4n) is 7.41. The lowest BCUT2D eigenvalue weighted by molar-refractivity contribution is -0.143. The fourth-order valence-corrected chi connectivity index (χ4v) is 7.41. The maximum absolute atomic E-state index is 14.8. The highest BCUT2D eigenvalue weighted by Gasteiger charge is 2.48. The van der Waals surface area contributed by atoms with Crippen molar-refractivity contribution in [1.29, 1.82) is 0 Å². The van der Waals surface area contributed by atoms with Crippen LogP contribution in [0.3, 0.4) is 0 Å². The predicted octanol–water partition coefficient (Wildman–Crippen LogP) is 4.20. The number of nitrogens with zero attached hydrogens (tertiary/aromatic N) is 4. The summed E-state index contributed by atoms with van der Waals surface area (Å²) in [5.74, 6) is 0.399. The Bertz CT molecular complexity index is 1930. The number of carbonyl (C=O) groups excluding carboxylic acids is 5. The Kier molecular flexibility index (Phi) is 11.6. The number of hydrogen-bond donors (Lipinski definition) is 4. The van der Waals surface area contributed by atoms with E-state index >= 15 is 0 Å². The summed E-state index contributed by atoms with van der Waals surface area (Å²) >= 11 is 0. The molecule has 2 saturated carbocycles. The van der Waals surface area contributed by atoms with Gasteiger partial charge >= 0.3 is 6.03 Å². The molecule has 1 saturated heterocycles. The van der Waals surface area contributed by atoms with Gasteiger partial charge in [0.2, 0.25) is 17.7 Å². The van der Waals surface area contributed by atoms with Gasteiger partial charge in [0.15, 0.2) is 5.82 Å². The van der Waals surface area contributed by atoms with Crippen LogP contribution in [-0.2, 0) is 19.2 Å². The number of methoxy groups -OCH3 is 1. The Morgan fingerprint density at radius 2 is 1.77 bits per heavy atom. The molecule has 0 spiro atoms. The Hall–Kier alpha value is -5.21. The van der Waals surface area contributed by atoms with Crippen molar-refractivity contribution < 1.29 is 33.4 Å². The summed E-state index contributed by atoms with van der Waals surface area (Å²) in [6.07, 6.45) is 8.21. The molecule has 1 unspecified atom stereocenters. The molecule has 3 heterocycles. The molecule has 15 nitrogen and oxygen atoms in total. The summed E-state index contributed by atoms with van der Waals surface area (Å²) in [6.45, 7) is 11.1. The molecule has 15 heteroatoms. The van der Waals surface area contributed by atoms with Crippen LogP contribution in [0.15, 0.2) is 42.7 Å². The van der Waals surface area contributed by atoms with E-state index in [1.54, 1.807) is 48.5 Å². The molecule has 0 radical (unpaired) electrons. The quantitative estimate of drug-likeness (QED) is 0.174. The molecule has 302 valence electrons. The number of benzene rings is 1. The molecular formula is C41H56N8O7. The molecule has 3 aromatic rings. The first-order valence-corrected chi connectivity index (χ1v) is 19.6. The minimum absolute atomic E-state index is 0.00201. The third-order valence-electron chi connectivity index (χ3n) is 10.6. The highest BCUT2D eigenvalue weighted by Crippen LogP contribution is 2.37. The van der Waals surface area contributed by atoms with Crippen molar-refractivity contribution in [3.8, 4) is 17.3 Å². The first-order valence-electron chi connectivity index (χ1n) is 19.6. The summed E-state index contributed by atoms with van der Waals surface area (Å²) in [5, 5.41) is 16.7. The van der Waals surface area contributed by atoms with Crippen LogP contribution in [-0.4, -0.2) is 98.7 Å². The molecule has 4 N–H and O–H groups in total. The van der Waals surface area contributed by atoms with Gasteiger partial charge in [0, 0.05) is 47.9 Å². The number of carbonyl (C=O) groups is 5. The molecule has 1 aliphatic heterocycles. The average molecular weight is 773 g/mol. The molecule has 2 aliphatic carbocycles. The maximum atomic E-state index is 14.8. The van der Waals surface area contributed by atoms with Crippen molar-refractivity contribution in [1.82, 2.24) is 40.9 Å². The van der Waals surface area contributed by atoms with Gasteiger partial charge < -0.3 is 40.4 Å². The Morgan fingerprint density at radius 3 is 2.36 bits per heavy atom. The number of rotatable bonds is 14. The standard InChI is InChI=1S/C41H56N8O7/c1-39(2,3)35(45-38(54)47-40(4,5)6)37(53)48-23-28(56-32-20-33(49-17-9-16-42-49)44-30-18-27(55-7)14-15-29(30)32)19-31(48)36(52)46-41(24-50,21-25-10-8-11-25)22-34(51)43-26-12-13-26/h9,14-18,20,24-26,28,31,35H,8,10-13,19,21-23H2,1-7H3,(H,43,51)(H,46,52)(H2,45,47,54)/t28-,31?,35-,41-/m1/s1. The van der Waals surface area contributed by atoms with Gasteiger partial charge in [-0.2, -0.15) is 5.10 Å². The van der Waals surface area contributed by atoms with Crippen molar-refractivity contribution in [2.24, 2.45) is 11.3 Å². The van der Waals surface area contributed by atoms with E-state index < -0.39 is 52.5 Å². The van der Waals surface area contributed by atoms with E-state index in [1.165, 1.54) is 4.90 Å². The minimum Gasteiger partial charge on any atom is -0.497 e. The number of amides is 5. The van der Waals surface area contributed by atoms with E-state index in [9.17, 15) is 24.0 Å². The molecule has 1 aromatic carbocycles. The zero-order valence-electron chi connectivity index (χ0n) is 33.5. The second-order valence-electron chi connectivity index (χ2n) is 17.7. The Balaban J connectivity index is 1.34. The summed E-state index contributed by atoms with van der Waals surface area (Å²) in [6, 6.07) is 6.41. The van der Waals surface area contributed by atoms with Crippen LogP contribution in [0.25, 0.3) is 16.7 Å². The van der Waals surface area contributed by atoms with Crippen LogP contribution in [0.1, 0.15) is 92.9 Å². The summed E-state index contributed by atoms with van der Waals surface area (Å²) < 4.78 is 13.8. The fraction of sp³-hybridized carbons (Fsp3) is 0.585. The topological polar surface area (TPSA) is 186 Å². The number of hydrogen-bond acceptors (Lipinski definition) is 9. The van der Waals surface area contributed by atoms with E-state index in [4.69, 9.17) is 14.5 Å². The van der Waals surface area contributed by atoms with Crippen LogP contribution < -0.4 is 30.7 Å². The lowest BCUT2D eigenvalue weighted by atomic mass is 9.75. The summed E-state index contributed by atoms with van der Waals surface area (Å²) in [7, 11) is 1.57. The van der Waals surface area contributed by atoms with Crippen LogP contribution in [0, 0.1) is 11.3 Å². The second kappa shape index (κ2) is 16.1.